The van der Waals surface area contributed by atoms with Gasteiger partial charge in [-0.3, -0.25) is 9.88 Å². The second-order valence-corrected chi connectivity index (χ2v) is 5.11. The van der Waals surface area contributed by atoms with Gasteiger partial charge in [0.15, 0.2) is 0 Å². The number of pyridine rings is 1. The normalized spacial score (nSPS) is 19.0. The maximum Gasteiger partial charge on any atom is 0.123 e. The third-order valence-corrected chi connectivity index (χ3v) is 3.70. The molecule has 0 amide bonds. The van der Waals surface area contributed by atoms with E-state index in [1.54, 1.807) is 18.3 Å². The molecule has 2 heterocycles. The van der Waals surface area contributed by atoms with Gasteiger partial charge in [0.2, 0.25) is 0 Å². The molecule has 0 spiro atoms. The van der Waals surface area contributed by atoms with Crippen molar-refractivity contribution in [1.29, 1.82) is 0 Å². The molecule has 2 aromatic rings. The van der Waals surface area contributed by atoms with Gasteiger partial charge in [-0.1, -0.05) is 18.2 Å². The number of hydrogen-bond acceptors (Lipinski definition) is 3. The molecule has 3 rings (SSSR count). The zero-order valence-electron chi connectivity index (χ0n) is 11.7. The average molecular weight is 308 g/mol. The van der Waals surface area contributed by atoms with Crippen LogP contribution in [0.3, 0.4) is 0 Å². The van der Waals surface area contributed by atoms with Gasteiger partial charge in [-0.05, 0) is 29.3 Å². The van der Waals surface area contributed by atoms with Crippen LogP contribution in [-0.2, 0) is 6.54 Å². The Morgan fingerprint density at radius 3 is 2.95 bits per heavy atom. The van der Waals surface area contributed by atoms with Crippen LogP contribution in [0.4, 0.5) is 4.39 Å². The van der Waals surface area contributed by atoms with Gasteiger partial charge in [-0.2, -0.15) is 0 Å². The summed E-state index contributed by atoms with van der Waals surface area (Å²) in [6.45, 7) is 3.59. The van der Waals surface area contributed by atoms with E-state index in [9.17, 15) is 4.39 Å². The molecule has 1 saturated heterocycles. The number of hydrogen-bond donors (Lipinski definition) is 1. The molecule has 1 fully saturated rings. The van der Waals surface area contributed by atoms with E-state index in [0.717, 1.165) is 31.7 Å². The van der Waals surface area contributed by atoms with Crippen molar-refractivity contribution in [2.24, 2.45) is 0 Å². The van der Waals surface area contributed by atoms with Gasteiger partial charge in [-0.25, -0.2) is 4.39 Å². The maximum absolute atomic E-state index is 13.3. The minimum Gasteiger partial charge on any atom is -0.314 e. The van der Waals surface area contributed by atoms with E-state index in [0.29, 0.717) is 6.04 Å². The highest BCUT2D eigenvalue weighted by Crippen LogP contribution is 2.23. The van der Waals surface area contributed by atoms with Crippen LogP contribution in [-0.4, -0.2) is 29.5 Å². The molecule has 1 aromatic carbocycles. The van der Waals surface area contributed by atoms with E-state index in [4.69, 9.17) is 0 Å². The van der Waals surface area contributed by atoms with Crippen molar-refractivity contribution in [3.05, 3.63) is 65.7 Å². The third kappa shape index (κ3) is 4.00. The minimum atomic E-state index is -0.171. The number of nitrogens with one attached hydrogen (secondary N) is 1. The third-order valence-electron chi connectivity index (χ3n) is 3.70. The van der Waals surface area contributed by atoms with Crippen LogP contribution in [0.2, 0.25) is 0 Å². The Morgan fingerprint density at radius 2 is 2.19 bits per heavy atom. The number of nitrogens with zero attached hydrogens (tertiary/aromatic N) is 2. The molecule has 1 unspecified atom stereocenters. The first-order chi connectivity index (χ1) is 9.83. The Labute approximate surface area is 130 Å². The zero-order valence-corrected chi connectivity index (χ0v) is 12.5. The topological polar surface area (TPSA) is 28.2 Å². The highest BCUT2D eigenvalue weighted by atomic mass is 35.5. The quantitative estimate of drug-likeness (QED) is 0.945. The predicted molar refractivity (Wildman–Crippen MR) is 83.9 cm³/mol. The number of piperazine rings is 1. The standard InChI is InChI=1S/C16H18FN3.ClH/c17-15-5-1-3-13(9-15)12-20-8-7-19-11-16(20)14-4-2-6-18-10-14;/h1-6,9-10,16,19H,7-8,11-12H2;1H. The van der Waals surface area contributed by atoms with Gasteiger partial charge in [0.25, 0.3) is 0 Å². The lowest BCUT2D eigenvalue weighted by Crippen LogP contribution is -2.45. The lowest BCUT2D eigenvalue weighted by Gasteiger charge is -2.36. The van der Waals surface area contributed by atoms with Crippen LogP contribution in [0.1, 0.15) is 17.2 Å². The monoisotopic (exact) mass is 307 g/mol. The number of benzene rings is 1. The number of aromatic nitrogens is 1. The summed E-state index contributed by atoms with van der Waals surface area (Å²) in [6.07, 6.45) is 3.70. The molecule has 1 aliphatic rings. The zero-order chi connectivity index (χ0) is 13.8. The molecule has 21 heavy (non-hydrogen) atoms. The van der Waals surface area contributed by atoms with Gasteiger partial charge in [0.05, 0.1) is 0 Å². The summed E-state index contributed by atoms with van der Waals surface area (Å²) < 4.78 is 13.3. The van der Waals surface area contributed by atoms with Crippen molar-refractivity contribution in [1.82, 2.24) is 15.2 Å². The Bertz CT molecular complexity index is 564. The van der Waals surface area contributed by atoms with Crippen LogP contribution in [0, 0.1) is 5.82 Å². The van der Waals surface area contributed by atoms with Gasteiger partial charge >= 0.3 is 0 Å². The summed E-state index contributed by atoms with van der Waals surface area (Å²) in [5.41, 5.74) is 2.22. The second kappa shape index (κ2) is 7.50. The summed E-state index contributed by atoms with van der Waals surface area (Å²) >= 11 is 0. The molecule has 3 nitrogen and oxygen atoms in total. The lowest BCUT2D eigenvalue weighted by atomic mass is 10.0. The molecular formula is C16H19ClFN3. The molecule has 1 aliphatic heterocycles. The summed E-state index contributed by atoms with van der Waals surface area (Å²) in [7, 11) is 0. The van der Waals surface area contributed by atoms with E-state index in [2.05, 4.69) is 21.3 Å². The molecular weight excluding hydrogens is 289 g/mol. The molecule has 1 atom stereocenters. The summed E-state index contributed by atoms with van der Waals surface area (Å²) in [5.74, 6) is -0.171. The van der Waals surface area contributed by atoms with Gasteiger partial charge in [0, 0.05) is 44.6 Å². The van der Waals surface area contributed by atoms with Gasteiger partial charge in [-0.15, -0.1) is 12.4 Å². The fourth-order valence-corrected chi connectivity index (χ4v) is 2.71. The first-order valence-corrected chi connectivity index (χ1v) is 6.92. The highest BCUT2D eigenvalue weighted by molar-refractivity contribution is 5.85. The SMILES string of the molecule is Cl.Fc1cccc(CN2CCNCC2c2cccnc2)c1. The van der Waals surface area contributed by atoms with Crippen molar-refractivity contribution >= 4 is 12.4 Å². The molecule has 1 N–H and O–H groups in total. The van der Waals surface area contributed by atoms with Crippen LogP contribution < -0.4 is 5.32 Å². The molecule has 112 valence electrons. The Balaban J connectivity index is 0.00000161. The fourth-order valence-electron chi connectivity index (χ4n) is 2.71. The van der Waals surface area contributed by atoms with E-state index in [-0.39, 0.29) is 18.2 Å². The molecule has 0 bridgehead atoms. The molecule has 0 saturated carbocycles. The van der Waals surface area contributed by atoms with E-state index in [1.165, 1.54) is 11.6 Å². The summed E-state index contributed by atoms with van der Waals surface area (Å²) in [5, 5.41) is 3.42. The van der Waals surface area contributed by atoms with Crippen LogP contribution >= 0.6 is 12.4 Å². The van der Waals surface area contributed by atoms with Crippen LogP contribution in [0.15, 0.2) is 48.8 Å². The molecule has 5 heteroatoms. The maximum atomic E-state index is 13.3. The molecule has 0 radical (unpaired) electrons. The number of rotatable bonds is 3. The van der Waals surface area contributed by atoms with E-state index < -0.39 is 0 Å². The smallest absolute Gasteiger partial charge is 0.123 e. The van der Waals surface area contributed by atoms with E-state index in [1.807, 2.05) is 18.3 Å². The van der Waals surface area contributed by atoms with Crippen molar-refractivity contribution < 1.29 is 4.39 Å². The second-order valence-electron chi connectivity index (χ2n) is 5.11. The largest absolute Gasteiger partial charge is 0.314 e. The Kier molecular flexibility index (Phi) is 5.67. The summed E-state index contributed by atoms with van der Waals surface area (Å²) in [6, 6.07) is 11.2. The van der Waals surface area contributed by atoms with Crippen molar-refractivity contribution in [2.75, 3.05) is 19.6 Å². The van der Waals surface area contributed by atoms with E-state index >= 15 is 0 Å². The van der Waals surface area contributed by atoms with Crippen LogP contribution in [0.25, 0.3) is 0 Å². The lowest BCUT2D eigenvalue weighted by molar-refractivity contribution is 0.153. The first-order valence-electron chi connectivity index (χ1n) is 6.92. The average Bonchev–Trinajstić information content (AvgIpc) is 2.49. The van der Waals surface area contributed by atoms with Crippen molar-refractivity contribution in [2.45, 2.75) is 12.6 Å². The van der Waals surface area contributed by atoms with Crippen molar-refractivity contribution in [3.8, 4) is 0 Å². The van der Waals surface area contributed by atoms with Gasteiger partial charge < -0.3 is 5.32 Å². The Hall–Kier alpha value is -1.49. The van der Waals surface area contributed by atoms with Crippen LogP contribution in [0.5, 0.6) is 0 Å². The highest BCUT2D eigenvalue weighted by Gasteiger charge is 2.23. The summed E-state index contributed by atoms with van der Waals surface area (Å²) in [4.78, 5) is 6.58. The first kappa shape index (κ1) is 15.9. The minimum absolute atomic E-state index is 0. The molecule has 0 aliphatic carbocycles. The molecule has 1 aromatic heterocycles. The van der Waals surface area contributed by atoms with Crippen molar-refractivity contribution in [3.63, 3.8) is 0 Å². The number of halogens is 2. The van der Waals surface area contributed by atoms with Gasteiger partial charge in [0.1, 0.15) is 5.82 Å². The predicted octanol–water partition coefficient (Wildman–Crippen LogP) is 2.79. The Morgan fingerprint density at radius 1 is 1.29 bits per heavy atom. The fraction of sp³-hybridized carbons (Fsp3) is 0.312.